The summed E-state index contributed by atoms with van der Waals surface area (Å²) in [6, 6.07) is 4.21. The van der Waals surface area contributed by atoms with Crippen LogP contribution in [0, 0.1) is 5.41 Å². The highest BCUT2D eigenvalue weighted by molar-refractivity contribution is 6.00. The van der Waals surface area contributed by atoms with Gasteiger partial charge in [0.1, 0.15) is 5.75 Å². The monoisotopic (exact) mass is 292 g/mol. The van der Waals surface area contributed by atoms with Crippen LogP contribution in [0.2, 0.25) is 0 Å². The third kappa shape index (κ3) is 3.45. The number of carboxylic acid groups (broad SMARTS) is 1. The summed E-state index contributed by atoms with van der Waals surface area (Å²) in [6.07, 6.45) is 0.935. The fourth-order valence-corrected chi connectivity index (χ4v) is 2.42. The zero-order chi connectivity index (χ0) is 15.6. The highest BCUT2D eigenvalue weighted by Gasteiger charge is 2.32. The molecule has 0 spiro atoms. The summed E-state index contributed by atoms with van der Waals surface area (Å²) in [7, 11) is 1.49. The molecule has 114 valence electrons. The van der Waals surface area contributed by atoms with Gasteiger partial charge < -0.3 is 20.1 Å². The molecule has 1 heterocycles. The number of hydrogen-bond acceptors (Lipinski definition) is 3. The highest BCUT2D eigenvalue weighted by Crippen LogP contribution is 2.30. The molecule has 0 atom stereocenters. The Balaban J connectivity index is 2.18. The zero-order valence-corrected chi connectivity index (χ0v) is 12.5. The average molecular weight is 292 g/mol. The molecule has 1 aromatic carbocycles. The van der Waals surface area contributed by atoms with Crippen molar-refractivity contribution < 1.29 is 19.4 Å². The first kappa shape index (κ1) is 15.2. The molecule has 2 rings (SSSR count). The molecule has 0 saturated carbocycles. The summed E-state index contributed by atoms with van der Waals surface area (Å²) in [6.45, 7) is 5.54. The Kier molecular flexibility index (Phi) is 4.06. The van der Waals surface area contributed by atoms with Gasteiger partial charge in [-0.05, 0) is 24.0 Å². The second kappa shape index (κ2) is 5.63. The van der Waals surface area contributed by atoms with Crippen molar-refractivity contribution in [1.29, 1.82) is 0 Å². The van der Waals surface area contributed by atoms with Crippen LogP contribution in [0.3, 0.4) is 0 Å². The van der Waals surface area contributed by atoms with Crippen molar-refractivity contribution in [2.45, 2.75) is 20.3 Å². The van der Waals surface area contributed by atoms with Gasteiger partial charge in [0.15, 0.2) is 0 Å². The zero-order valence-electron chi connectivity index (χ0n) is 12.5. The molecule has 2 amide bonds. The summed E-state index contributed by atoms with van der Waals surface area (Å²) in [5.74, 6) is -0.591. The van der Waals surface area contributed by atoms with Gasteiger partial charge >= 0.3 is 12.0 Å². The number of hydrogen-bond donors (Lipinski definition) is 2. The Hall–Kier alpha value is -2.24. The van der Waals surface area contributed by atoms with Crippen LogP contribution in [0.5, 0.6) is 5.75 Å². The van der Waals surface area contributed by atoms with Crippen molar-refractivity contribution in [1.82, 2.24) is 4.90 Å². The maximum absolute atomic E-state index is 12.3. The van der Waals surface area contributed by atoms with E-state index in [0.29, 0.717) is 18.8 Å². The lowest BCUT2D eigenvalue weighted by Crippen LogP contribution is -2.34. The SMILES string of the molecule is COc1ccc(C(=O)O)c(NC(=O)N2CCC(C)(C)C2)c1. The predicted octanol–water partition coefficient (Wildman–Crippen LogP) is 2.66. The molecule has 1 aliphatic heterocycles. The predicted molar refractivity (Wildman–Crippen MR) is 78.9 cm³/mol. The fourth-order valence-electron chi connectivity index (χ4n) is 2.42. The van der Waals surface area contributed by atoms with Crippen LogP contribution < -0.4 is 10.1 Å². The minimum absolute atomic E-state index is 0.0441. The van der Waals surface area contributed by atoms with Crippen molar-refractivity contribution in [2.24, 2.45) is 5.41 Å². The topological polar surface area (TPSA) is 78.9 Å². The van der Waals surface area contributed by atoms with E-state index in [1.54, 1.807) is 11.0 Å². The summed E-state index contributed by atoms with van der Waals surface area (Å²) >= 11 is 0. The number of amides is 2. The van der Waals surface area contributed by atoms with Crippen LogP contribution >= 0.6 is 0 Å². The Morgan fingerprint density at radius 1 is 1.38 bits per heavy atom. The lowest BCUT2D eigenvalue weighted by molar-refractivity contribution is 0.0698. The molecule has 0 bridgehead atoms. The third-order valence-corrected chi connectivity index (χ3v) is 3.66. The average Bonchev–Trinajstić information content (AvgIpc) is 2.78. The van der Waals surface area contributed by atoms with E-state index in [1.165, 1.54) is 19.2 Å². The quantitative estimate of drug-likeness (QED) is 0.897. The normalized spacial score (nSPS) is 16.6. The van der Waals surface area contributed by atoms with Gasteiger partial charge in [-0.1, -0.05) is 13.8 Å². The molecule has 1 aromatic rings. The van der Waals surface area contributed by atoms with Crippen molar-refractivity contribution in [2.75, 3.05) is 25.5 Å². The maximum atomic E-state index is 12.3. The van der Waals surface area contributed by atoms with Gasteiger partial charge in [-0.25, -0.2) is 9.59 Å². The molecule has 6 heteroatoms. The van der Waals surface area contributed by atoms with Gasteiger partial charge in [0.25, 0.3) is 0 Å². The van der Waals surface area contributed by atoms with Crippen LogP contribution in [-0.4, -0.2) is 42.2 Å². The molecule has 6 nitrogen and oxygen atoms in total. The Morgan fingerprint density at radius 2 is 2.10 bits per heavy atom. The van der Waals surface area contributed by atoms with E-state index < -0.39 is 5.97 Å². The van der Waals surface area contributed by atoms with E-state index >= 15 is 0 Å². The second-order valence-corrected chi connectivity index (χ2v) is 5.98. The number of nitrogens with zero attached hydrogens (tertiary/aromatic N) is 1. The molecule has 2 N–H and O–H groups in total. The molecule has 0 radical (unpaired) electrons. The number of aromatic carboxylic acids is 1. The van der Waals surface area contributed by atoms with Crippen molar-refractivity contribution in [3.05, 3.63) is 23.8 Å². The Bertz CT molecular complexity index is 569. The van der Waals surface area contributed by atoms with Gasteiger partial charge in [-0.3, -0.25) is 0 Å². The van der Waals surface area contributed by atoms with E-state index in [0.717, 1.165) is 6.42 Å². The Labute approximate surface area is 123 Å². The standard InChI is InChI=1S/C15H20N2O4/c1-15(2)6-7-17(9-15)14(20)16-12-8-10(21-3)4-5-11(12)13(18)19/h4-5,8H,6-7,9H2,1-3H3,(H,16,20)(H,18,19). The van der Waals surface area contributed by atoms with Crippen molar-refractivity contribution >= 4 is 17.7 Å². The van der Waals surface area contributed by atoms with Crippen LogP contribution in [-0.2, 0) is 0 Å². The molecule has 0 unspecified atom stereocenters. The van der Waals surface area contributed by atoms with Gasteiger partial charge in [-0.15, -0.1) is 0 Å². The van der Waals surface area contributed by atoms with Gasteiger partial charge in [-0.2, -0.15) is 0 Å². The maximum Gasteiger partial charge on any atom is 0.337 e. The largest absolute Gasteiger partial charge is 0.497 e. The van der Waals surface area contributed by atoms with Gasteiger partial charge in [0.2, 0.25) is 0 Å². The van der Waals surface area contributed by atoms with E-state index in [4.69, 9.17) is 4.74 Å². The number of anilines is 1. The number of methoxy groups -OCH3 is 1. The lowest BCUT2D eigenvalue weighted by atomic mass is 9.93. The summed E-state index contributed by atoms with van der Waals surface area (Å²) in [5, 5.41) is 11.9. The summed E-state index contributed by atoms with van der Waals surface area (Å²) in [5.41, 5.74) is 0.389. The van der Waals surface area contributed by atoms with E-state index in [9.17, 15) is 14.7 Å². The van der Waals surface area contributed by atoms with Crippen LogP contribution in [0.25, 0.3) is 0 Å². The summed E-state index contributed by atoms with van der Waals surface area (Å²) < 4.78 is 5.07. The number of nitrogens with one attached hydrogen (secondary N) is 1. The van der Waals surface area contributed by atoms with Crippen molar-refractivity contribution in [3.63, 3.8) is 0 Å². The molecule has 0 aromatic heterocycles. The van der Waals surface area contributed by atoms with Gasteiger partial charge in [0.05, 0.1) is 18.4 Å². The second-order valence-electron chi connectivity index (χ2n) is 5.98. The number of ether oxygens (including phenoxy) is 1. The van der Waals surface area contributed by atoms with Crippen molar-refractivity contribution in [3.8, 4) is 5.75 Å². The summed E-state index contributed by atoms with van der Waals surface area (Å²) in [4.78, 5) is 25.2. The Morgan fingerprint density at radius 3 is 2.62 bits per heavy atom. The van der Waals surface area contributed by atoms with E-state index in [-0.39, 0.29) is 22.7 Å². The molecular weight excluding hydrogens is 272 g/mol. The molecule has 1 aliphatic rings. The molecule has 1 saturated heterocycles. The minimum Gasteiger partial charge on any atom is -0.497 e. The van der Waals surface area contributed by atoms with Crippen LogP contribution in [0.1, 0.15) is 30.6 Å². The third-order valence-electron chi connectivity index (χ3n) is 3.66. The van der Waals surface area contributed by atoms with E-state index in [2.05, 4.69) is 19.2 Å². The first-order chi connectivity index (χ1) is 9.82. The number of urea groups is 1. The molecule has 1 fully saturated rings. The molecule has 21 heavy (non-hydrogen) atoms. The number of carbonyl (C=O) groups excluding carboxylic acids is 1. The first-order valence-electron chi connectivity index (χ1n) is 6.80. The number of rotatable bonds is 3. The highest BCUT2D eigenvalue weighted by atomic mass is 16.5. The number of likely N-dealkylation sites (tertiary alicyclic amines) is 1. The van der Waals surface area contributed by atoms with Crippen LogP contribution in [0.15, 0.2) is 18.2 Å². The fraction of sp³-hybridized carbons (Fsp3) is 0.467. The molecule has 0 aliphatic carbocycles. The number of carboxylic acids is 1. The molecular formula is C15H20N2O4. The first-order valence-corrected chi connectivity index (χ1v) is 6.80. The van der Waals surface area contributed by atoms with E-state index in [1.807, 2.05) is 0 Å². The van der Waals surface area contributed by atoms with Crippen LogP contribution in [0.4, 0.5) is 10.5 Å². The lowest BCUT2D eigenvalue weighted by Gasteiger charge is -2.21. The minimum atomic E-state index is -1.09. The number of benzene rings is 1. The smallest absolute Gasteiger partial charge is 0.337 e. The van der Waals surface area contributed by atoms with Gasteiger partial charge in [0, 0.05) is 19.2 Å². The number of carbonyl (C=O) groups is 2.